The summed E-state index contributed by atoms with van der Waals surface area (Å²) in [4.78, 5) is 0. The van der Waals surface area contributed by atoms with Crippen molar-refractivity contribution in [2.75, 3.05) is 13.1 Å². The first-order chi connectivity index (χ1) is 7.45. The summed E-state index contributed by atoms with van der Waals surface area (Å²) in [5, 5.41) is 3.43. The van der Waals surface area contributed by atoms with Crippen molar-refractivity contribution >= 4 is 0 Å². The Morgan fingerprint density at radius 1 is 0.933 bits per heavy atom. The lowest BCUT2D eigenvalue weighted by Gasteiger charge is -2.24. The first-order valence-electron chi connectivity index (χ1n) is 6.99. The SMILES string of the molecule is [CH](CCC1CCCCC1)C1CCNCC1. The van der Waals surface area contributed by atoms with Crippen molar-refractivity contribution in [3.63, 3.8) is 0 Å². The molecule has 0 aromatic heterocycles. The second-order valence-electron chi connectivity index (χ2n) is 5.40. The molecule has 0 aromatic carbocycles. The smallest absolute Gasteiger partial charge is 0.00462 e. The van der Waals surface area contributed by atoms with E-state index in [1.54, 1.807) is 0 Å². The van der Waals surface area contributed by atoms with Gasteiger partial charge in [-0.15, -0.1) is 0 Å². The first kappa shape index (κ1) is 11.4. The quantitative estimate of drug-likeness (QED) is 0.745. The summed E-state index contributed by atoms with van der Waals surface area (Å²) in [5.41, 5.74) is 0. The Hall–Kier alpha value is -0.0400. The maximum Gasteiger partial charge on any atom is -0.00462 e. The van der Waals surface area contributed by atoms with Crippen molar-refractivity contribution in [3.05, 3.63) is 6.42 Å². The summed E-state index contributed by atoms with van der Waals surface area (Å²) in [7, 11) is 0. The first-order valence-corrected chi connectivity index (χ1v) is 6.99. The third kappa shape index (κ3) is 4.14. The number of rotatable bonds is 4. The minimum atomic E-state index is 0.926. The average Bonchev–Trinajstić information content (AvgIpc) is 2.32. The van der Waals surface area contributed by atoms with Crippen LogP contribution in [0.25, 0.3) is 0 Å². The van der Waals surface area contributed by atoms with Crippen molar-refractivity contribution in [2.24, 2.45) is 11.8 Å². The highest BCUT2D eigenvalue weighted by Gasteiger charge is 2.16. The molecule has 1 heteroatoms. The molecule has 0 unspecified atom stereocenters. The zero-order valence-electron chi connectivity index (χ0n) is 10.0. The Morgan fingerprint density at radius 3 is 2.40 bits per heavy atom. The minimum absolute atomic E-state index is 0.926. The van der Waals surface area contributed by atoms with Crippen LogP contribution in [0.15, 0.2) is 0 Å². The molecule has 87 valence electrons. The van der Waals surface area contributed by atoms with Crippen molar-refractivity contribution < 1.29 is 0 Å². The van der Waals surface area contributed by atoms with E-state index in [4.69, 9.17) is 0 Å². The maximum absolute atomic E-state index is 3.43. The van der Waals surface area contributed by atoms with Crippen LogP contribution in [-0.4, -0.2) is 13.1 Å². The van der Waals surface area contributed by atoms with E-state index in [0.717, 1.165) is 11.8 Å². The molecular formula is C14H26N. The van der Waals surface area contributed by atoms with E-state index in [9.17, 15) is 0 Å². The number of hydrogen-bond donors (Lipinski definition) is 1. The molecule has 2 fully saturated rings. The topological polar surface area (TPSA) is 12.0 Å². The van der Waals surface area contributed by atoms with Crippen LogP contribution in [0.4, 0.5) is 0 Å². The summed E-state index contributed by atoms with van der Waals surface area (Å²) in [6, 6.07) is 0. The fourth-order valence-electron chi connectivity index (χ4n) is 3.12. The maximum atomic E-state index is 3.43. The van der Waals surface area contributed by atoms with Gasteiger partial charge in [0.2, 0.25) is 0 Å². The van der Waals surface area contributed by atoms with E-state index >= 15 is 0 Å². The predicted octanol–water partition coefficient (Wildman–Crippen LogP) is 3.55. The molecule has 0 spiro atoms. The van der Waals surface area contributed by atoms with Crippen molar-refractivity contribution in [3.8, 4) is 0 Å². The predicted molar refractivity (Wildman–Crippen MR) is 65.7 cm³/mol. The zero-order valence-corrected chi connectivity index (χ0v) is 10.0. The molecule has 1 heterocycles. The third-order valence-electron chi connectivity index (χ3n) is 4.18. The lowest BCUT2D eigenvalue weighted by Crippen LogP contribution is -2.27. The lowest BCUT2D eigenvalue weighted by atomic mass is 9.84. The highest BCUT2D eigenvalue weighted by Crippen LogP contribution is 2.29. The second-order valence-corrected chi connectivity index (χ2v) is 5.40. The van der Waals surface area contributed by atoms with Gasteiger partial charge in [-0.3, -0.25) is 0 Å². The summed E-state index contributed by atoms with van der Waals surface area (Å²) in [6.07, 6.45) is 15.8. The molecule has 0 atom stereocenters. The summed E-state index contributed by atoms with van der Waals surface area (Å²) >= 11 is 0. The molecule has 15 heavy (non-hydrogen) atoms. The Labute approximate surface area is 95.0 Å². The largest absolute Gasteiger partial charge is 0.317 e. The van der Waals surface area contributed by atoms with Crippen molar-refractivity contribution in [1.29, 1.82) is 0 Å². The van der Waals surface area contributed by atoms with E-state index in [1.165, 1.54) is 70.9 Å². The van der Waals surface area contributed by atoms with Gasteiger partial charge in [0.1, 0.15) is 0 Å². The van der Waals surface area contributed by atoms with E-state index in [0.29, 0.717) is 0 Å². The average molecular weight is 208 g/mol. The van der Waals surface area contributed by atoms with Gasteiger partial charge in [0.25, 0.3) is 0 Å². The highest BCUT2D eigenvalue weighted by atomic mass is 14.9. The van der Waals surface area contributed by atoms with Crippen LogP contribution >= 0.6 is 0 Å². The Morgan fingerprint density at radius 2 is 1.67 bits per heavy atom. The van der Waals surface area contributed by atoms with Crippen molar-refractivity contribution in [2.45, 2.75) is 57.8 Å². The van der Waals surface area contributed by atoms with Gasteiger partial charge >= 0.3 is 0 Å². The van der Waals surface area contributed by atoms with Crippen LogP contribution < -0.4 is 5.32 Å². The molecule has 1 aliphatic heterocycles. The van der Waals surface area contributed by atoms with E-state index in [1.807, 2.05) is 0 Å². The lowest BCUT2D eigenvalue weighted by molar-refractivity contribution is 0.327. The number of hydrogen-bond acceptors (Lipinski definition) is 1. The molecule has 0 bridgehead atoms. The van der Waals surface area contributed by atoms with E-state index < -0.39 is 0 Å². The molecule has 1 saturated heterocycles. The summed E-state index contributed by atoms with van der Waals surface area (Å²) in [5.74, 6) is 1.99. The summed E-state index contributed by atoms with van der Waals surface area (Å²) < 4.78 is 0. The fourth-order valence-corrected chi connectivity index (χ4v) is 3.12. The Kier molecular flexibility index (Phi) is 4.98. The molecular weight excluding hydrogens is 182 g/mol. The summed E-state index contributed by atoms with van der Waals surface area (Å²) in [6.45, 7) is 2.48. The van der Waals surface area contributed by atoms with Gasteiger partial charge in [-0.2, -0.15) is 0 Å². The van der Waals surface area contributed by atoms with Gasteiger partial charge in [-0.25, -0.2) is 0 Å². The minimum Gasteiger partial charge on any atom is -0.317 e. The molecule has 1 aliphatic carbocycles. The molecule has 1 nitrogen and oxygen atoms in total. The third-order valence-corrected chi connectivity index (χ3v) is 4.18. The van der Waals surface area contributed by atoms with Gasteiger partial charge in [0.15, 0.2) is 0 Å². The molecule has 0 aromatic rings. The van der Waals surface area contributed by atoms with E-state index in [-0.39, 0.29) is 0 Å². The standard InChI is InChI=1S/C14H26N/c1-2-5-13(6-3-1)7-4-8-14-9-11-15-12-10-14/h8,13-15H,1-7,9-12H2. The molecule has 2 aliphatic rings. The van der Waals surface area contributed by atoms with Crippen LogP contribution in [0.2, 0.25) is 0 Å². The molecule has 1 radical (unpaired) electrons. The van der Waals surface area contributed by atoms with Crippen molar-refractivity contribution in [1.82, 2.24) is 5.32 Å². The number of nitrogens with one attached hydrogen (secondary N) is 1. The van der Waals surface area contributed by atoms with Gasteiger partial charge < -0.3 is 5.32 Å². The molecule has 1 N–H and O–H groups in total. The van der Waals surface area contributed by atoms with Crippen LogP contribution in [0.1, 0.15) is 57.8 Å². The van der Waals surface area contributed by atoms with E-state index in [2.05, 4.69) is 11.7 Å². The number of piperidine rings is 1. The van der Waals surface area contributed by atoms with Gasteiger partial charge in [0, 0.05) is 0 Å². The Bertz CT molecular complexity index is 137. The second kappa shape index (κ2) is 6.52. The highest BCUT2D eigenvalue weighted by molar-refractivity contribution is 4.81. The van der Waals surface area contributed by atoms with Crippen LogP contribution in [0.3, 0.4) is 0 Å². The monoisotopic (exact) mass is 208 g/mol. The van der Waals surface area contributed by atoms with Gasteiger partial charge in [0.05, 0.1) is 0 Å². The van der Waals surface area contributed by atoms with Gasteiger partial charge in [-0.05, 0) is 50.6 Å². The van der Waals surface area contributed by atoms with Crippen LogP contribution in [0.5, 0.6) is 0 Å². The molecule has 1 saturated carbocycles. The normalized spacial score (nSPS) is 25.6. The fraction of sp³-hybridized carbons (Fsp3) is 0.929. The van der Waals surface area contributed by atoms with Crippen LogP contribution in [0, 0.1) is 18.3 Å². The molecule has 0 amide bonds. The van der Waals surface area contributed by atoms with Crippen LogP contribution in [-0.2, 0) is 0 Å². The zero-order chi connectivity index (χ0) is 10.3. The van der Waals surface area contributed by atoms with Gasteiger partial charge in [-0.1, -0.05) is 38.5 Å². The molecule has 2 rings (SSSR count). The Balaban J connectivity index is 1.53.